The molecule has 5 nitrogen and oxygen atoms in total. The van der Waals surface area contributed by atoms with E-state index in [4.69, 9.17) is 5.11 Å². The number of carbonyl (C=O) groups excluding carboxylic acids is 1. The number of amides is 2. The van der Waals surface area contributed by atoms with Gasteiger partial charge in [0.25, 0.3) is 0 Å². The van der Waals surface area contributed by atoms with Crippen molar-refractivity contribution in [1.82, 2.24) is 10.2 Å². The summed E-state index contributed by atoms with van der Waals surface area (Å²) in [5.74, 6) is -2.05. The highest BCUT2D eigenvalue weighted by molar-refractivity contribution is 5.79. The number of benzene rings is 1. The Balaban J connectivity index is 2.04. The van der Waals surface area contributed by atoms with E-state index in [-0.39, 0.29) is 25.1 Å². The second-order valence-electron chi connectivity index (χ2n) is 6.00. The summed E-state index contributed by atoms with van der Waals surface area (Å²) in [7, 11) is 0. The van der Waals surface area contributed by atoms with Gasteiger partial charge in [0.2, 0.25) is 0 Å². The number of urea groups is 1. The van der Waals surface area contributed by atoms with Crippen molar-refractivity contribution in [3.8, 4) is 0 Å². The van der Waals surface area contributed by atoms with Crippen molar-refractivity contribution < 1.29 is 32.3 Å². The molecule has 1 unspecified atom stereocenters. The van der Waals surface area contributed by atoms with E-state index >= 15 is 0 Å². The molecular weight excluding hydrogens is 332 g/mol. The lowest BCUT2D eigenvalue weighted by Crippen LogP contribution is -2.40. The summed E-state index contributed by atoms with van der Waals surface area (Å²) in [5, 5.41) is 11.4. The van der Waals surface area contributed by atoms with Crippen molar-refractivity contribution >= 4 is 12.0 Å². The van der Waals surface area contributed by atoms with Crippen LogP contribution < -0.4 is 5.32 Å². The normalized spacial score (nSPS) is 21.0. The molecule has 1 atom stereocenters. The number of likely N-dealkylation sites (tertiary alicyclic amines) is 1. The number of halogens is 4. The highest BCUT2D eigenvalue weighted by atomic mass is 19.4. The third-order valence-corrected chi connectivity index (χ3v) is 4.08. The highest BCUT2D eigenvalue weighted by Gasteiger charge is 2.42. The van der Waals surface area contributed by atoms with Gasteiger partial charge in [0.05, 0.1) is 11.0 Å². The fraction of sp³-hybridized carbons (Fsp3) is 0.467. The lowest BCUT2D eigenvalue weighted by molar-refractivity contribution is -0.147. The molecule has 1 aliphatic rings. The number of carbonyl (C=O) groups is 2. The number of nitrogens with one attached hydrogen (secondary N) is 1. The second kappa shape index (κ2) is 6.29. The van der Waals surface area contributed by atoms with Gasteiger partial charge in [-0.2, -0.15) is 13.2 Å². The molecule has 2 N–H and O–H groups in total. The van der Waals surface area contributed by atoms with Crippen LogP contribution in [0.25, 0.3) is 0 Å². The van der Waals surface area contributed by atoms with Gasteiger partial charge in [-0.3, -0.25) is 4.79 Å². The van der Waals surface area contributed by atoms with Crippen molar-refractivity contribution in [2.24, 2.45) is 5.41 Å². The van der Waals surface area contributed by atoms with Crippen LogP contribution in [0, 0.1) is 11.2 Å². The number of hydrogen-bond acceptors (Lipinski definition) is 2. The standard InChI is InChI=1S/C15H16F4N2O3/c1-14(12(22)23)4-5-21(8-14)13(24)20-7-9-2-3-10(16)6-11(9)15(17,18)19/h2-3,6H,4-5,7-8H2,1H3,(H,20,24)(H,22,23). The first-order chi connectivity index (χ1) is 11.0. The summed E-state index contributed by atoms with van der Waals surface area (Å²) >= 11 is 0. The summed E-state index contributed by atoms with van der Waals surface area (Å²) in [6.45, 7) is 1.24. The van der Waals surface area contributed by atoms with E-state index in [9.17, 15) is 27.2 Å². The molecule has 1 aromatic rings. The largest absolute Gasteiger partial charge is 0.481 e. The minimum atomic E-state index is -4.74. The molecule has 0 aromatic heterocycles. The molecule has 1 saturated heterocycles. The van der Waals surface area contributed by atoms with E-state index in [0.29, 0.717) is 6.07 Å². The van der Waals surface area contributed by atoms with Crippen LogP contribution in [0.2, 0.25) is 0 Å². The van der Waals surface area contributed by atoms with E-state index in [2.05, 4.69) is 5.32 Å². The van der Waals surface area contributed by atoms with Gasteiger partial charge in [-0.25, -0.2) is 9.18 Å². The first-order valence-electron chi connectivity index (χ1n) is 7.15. The average Bonchev–Trinajstić information content (AvgIpc) is 2.89. The molecule has 1 heterocycles. The molecule has 1 aromatic carbocycles. The minimum absolute atomic E-state index is 0.0241. The molecule has 132 valence electrons. The van der Waals surface area contributed by atoms with E-state index < -0.39 is 41.5 Å². The van der Waals surface area contributed by atoms with Crippen LogP contribution in [0.1, 0.15) is 24.5 Å². The fourth-order valence-electron chi connectivity index (χ4n) is 2.56. The van der Waals surface area contributed by atoms with Crippen molar-refractivity contribution in [1.29, 1.82) is 0 Å². The van der Waals surface area contributed by atoms with Gasteiger partial charge in [0, 0.05) is 19.6 Å². The minimum Gasteiger partial charge on any atom is -0.481 e. The van der Waals surface area contributed by atoms with Crippen LogP contribution in [-0.4, -0.2) is 35.1 Å². The Labute approximate surface area is 135 Å². The zero-order valence-corrected chi connectivity index (χ0v) is 12.8. The number of aliphatic carboxylic acids is 1. The Morgan fingerprint density at radius 2 is 2.04 bits per heavy atom. The van der Waals surface area contributed by atoms with Gasteiger partial charge in [0.1, 0.15) is 5.82 Å². The number of carboxylic acid groups (broad SMARTS) is 1. The van der Waals surface area contributed by atoms with Gasteiger partial charge >= 0.3 is 18.2 Å². The van der Waals surface area contributed by atoms with Gasteiger partial charge in [-0.15, -0.1) is 0 Å². The maximum atomic E-state index is 13.0. The van der Waals surface area contributed by atoms with Crippen LogP contribution in [0.3, 0.4) is 0 Å². The Kier molecular flexibility index (Phi) is 4.73. The van der Waals surface area contributed by atoms with Crippen LogP contribution in [0.15, 0.2) is 18.2 Å². The predicted octanol–water partition coefficient (Wildman–Crippen LogP) is 2.85. The molecule has 0 aliphatic carbocycles. The van der Waals surface area contributed by atoms with E-state index in [0.717, 1.165) is 12.1 Å². The molecule has 0 saturated carbocycles. The maximum absolute atomic E-state index is 13.0. The number of carboxylic acids is 1. The molecular formula is C15H16F4N2O3. The first kappa shape index (κ1) is 18.0. The Bertz CT molecular complexity index is 663. The fourth-order valence-corrected chi connectivity index (χ4v) is 2.56. The summed E-state index contributed by atoms with van der Waals surface area (Å²) in [5.41, 5.74) is -2.48. The van der Waals surface area contributed by atoms with Crippen molar-refractivity contribution in [3.63, 3.8) is 0 Å². The molecule has 1 fully saturated rings. The topological polar surface area (TPSA) is 69.6 Å². The van der Waals surface area contributed by atoms with Crippen molar-refractivity contribution in [2.75, 3.05) is 13.1 Å². The van der Waals surface area contributed by atoms with Gasteiger partial charge in [-0.1, -0.05) is 6.07 Å². The lowest BCUT2D eigenvalue weighted by Gasteiger charge is -2.21. The summed E-state index contributed by atoms with van der Waals surface area (Å²) in [6, 6.07) is 1.56. The molecule has 0 spiro atoms. The smallest absolute Gasteiger partial charge is 0.416 e. The molecule has 2 amide bonds. The Morgan fingerprint density at radius 1 is 1.38 bits per heavy atom. The summed E-state index contributed by atoms with van der Waals surface area (Å²) in [6.07, 6.45) is -4.47. The molecule has 0 radical (unpaired) electrons. The van der Waals surface area contributed by atoms with E-state index in [1.54, 1.807) is 0 Å². The number of alkyl halides is 3. The lowest BCUT2D eigenvalue weighted by atomic mass is 9.90. The third-order valence-electron chi connectivity index (χ3n) is 4.08. The maximum Gasteiger partial charge on any atom is 0.416 e. The third kappa shape index (κ3) is 3.77. The summed E-state index contributed by atoms with van der Waals surface area (Å²) < 4.78 is 51.7. The van der Waals surface area contributed by atoms with Crippen LogP contribution in [0.5, 0.6) is 0 Å². The zero-order valence-electron chi connectivity index (χ0n) is 12.8. The van der Waals surface area contributed by atoms with E-state index in [1.165, 1.54) is 11.8 Å². The van der Waals surface area contributed by atoms with Gasteiger partial charge in [-0.05, 0) is 31.0 Å². The quantitative estimate of drug-likeness (QED) is 0.826. The predicted molar refractivity (Wildman–Crippen MR) is 75.6 cm³/mol. The molecule has 9 heteroatoms. The number of nitrogens with zero attached hydrogens (tertiary/aromatic N) is 1. The van der Waals surface area contributed by atoms with Gasteiger partial charge in [0.15, 0.2) is 0 Å². The van der Waals surface area contributed by atoms with Crippen LogP contribution in [0.4, 0.5) is 22.4 Å². The number of rotatable bonds is 3. The van der Waals surface area contributed by atoms with Crippen LogP contribution in [-0.2, 0) is 17.5 Å². The van der Waals surface area contributed by atoms with Crippen molar-refractivity contribution in [3.05, 3.63) is 35.1 Å². The second-order valence-corrected chi connectivity index (χ2v) is 6.00. The van der Waals surface area contributed by atoms with Gasteiger partial charge < -0.3 is 15.3 Å². The first-order valence-corrected chi connectivity index (χ1v) is 7.15. The molecule has 1 aliphatic heterocycles. The average molecular weight is 348 g/mol. The van der Waals surface area contributed by atoms with Crippen molar-refractivity contribution in [2.45, 2.75) is 26.1 Å². The zero-order chi connectivity index (χ0) is 18.1. The summed E-state index contributed by atoms with van der Waals surface area (Å²) in [4.78, 5) is 24.4. The number of hydrogen-bond donors (Lipinski definition) is 2. The molecule has 2 rings (SSSR count). The van der Waals surface area contributed by atoms with Crippen LogP contribution >= 0.6 is 0 Å². The Morgan fingerprint density at radius 3 is 2.58 bits per heavy atom. The monoisotopic (exact) mass is 348 g/mol. The highest BCUT2D eigenvalue weighted by Crippen LogP contribution is 2.33. The van der Waals surface area contributed by atoms with E-state index in [1.807, 2.05) is 0 Å². The Hall–Kier alpha value is -2.32. The molecule has 24 heavy (non-hydrogen) atoms. The molecule has 0 bridgehead atoms. The SMILES string of the molecule is CC1(C(=O)O)CCN(C(=O)NCc2ccc(F)cc2C(F)(F)F)C1.